The molecule has 2 heterocycles. The van der Waals surface area contributed by atoms with Gasteiger partial charge in [-0.15, -0.1) is 11.3 Å². The second-order valence-electron chi connectivity index (χ2n) is 5.67. The van der Waals surface area contributed by atoms with E-state index in [1.54, 1.807) is 0 Å². The number of anilines is 1. The maximum atomic E-state index is 11.8. The van der Waals surface area contributed by atoms with Crippen LogP contribution >= 0.6 is 11.3 Å². The molecule has 122 valence electrons. The van der Waals surface area contributed by atoms with Gasteiger partial charge in [-0.2, -0.15) is 5.10 Å². The molecule has 1 aliphatic rings. The summed E-state index contributed by atoms with van der Waals surface area (Å²) in [5.74, 6) is -0.552. The minimum absolute atomic E-state index is 0.319. The molecule has 23 heavy (non-hydrogen) atoms. The largest absolute Gasteiger partial charge is 0.365 e. The number of primary amides is 2. The van der Waals surface area contributed by atoms with Crippen molar-refractivity contribution in [3.8, 4) is 10.4 Å². The van der Waals surface area contributed by atoms with Crippen LogP contribution in [-0.4, -0.2) is 21.7 Å². The molecule has 2 aromatic heterocycles. The van der Waals surface area contributed by atoms with E-state index < -0.39 is 11.9 Å². The van der Waals surface area contributed by atoms with E-state index in [1.165, 1.54) is 11.3 Å². The van der Waals surface area contributed by atoms with E-state index in [0.29, 0.717) is 23.0 Å². The van der Waals surface area contributed by atoms with E-state index in [4.69, 9.17) is 11.5 Å². The molecule has 8 heteroatoms. The van der Waals surface area contributed by atoms with Gasteiger partial charge in [0.2, 0.25) is 0 Å². The maximum Gasteiger partial charge on any atom is 0.317 e. The zero-order valence-electron chi connectivity index (χ0n) is 13.0. The van der Waals surface area contributed by atoms with E-state index in [-0.39, 0.29) is 0 Å². The number of urea groups is 1. The molecule has 0 saturated heterocycles. The van der Waals surface area contributed by atoms with Crippen LogP contribution in [0.1, 0.15) is 47.9 Å². The SMILES string of the molecule is CCC(C)n1ncc2c1CCc1c-2sc(NC(N)=O)c1C(N)=O. The first-order valence-electron chi connectivity index (χ1n) is 7.52. The highest BCUT2D eigenvalue weighted by molar-refractivity contribution is 7.20. The van der Waals surface area contributed by atoms with Gasteiger partial charge in [0.1, 0.15) is 5.00 Å². The Bertz CT molecular complexity index is 792. The van der Waals surface area contributed by atoms with Gasteiger partial charge in [-0.05, 0) is 31.7 Å². The molecule has 0 aliphatic heterocycles. The summed E-state index contributed by atoms with van der Waals surface area (Å²) >= 11 is 1.33. The molecule has 0 radical (unpaired) electrons. The predicted octanol–water partition coefficient (Wildman–Crippen LogP) is 2.27. The van der Waals surface area contributed by atoms with Crippen LogP contribution < -0.4 is 16.8 Å². The lowest BCUT2D eigenvalue weighted by Crippen LogP contribution is -2.22. The summed E-state index contributed by atoms with van der Waals surface area (Å²) in [4.78, 5) is 24.0. The molecule has 1 aliphatic carbocycles. The van der Waals surface area contributed by atoms with E-state index in [2.05, 4.69) is 24.3 Å². The second kappa shape index (κ2) is 5.69. The molecule has 1 atom stereocenters. The summed E-state index contributed by atoms with van der Waals surface area (Å²) in [6.07, 6.45) is 4.31. The quantitative estimate of drug-likeness (QED) is 0.797. The number of rotatable bonds is 4. The molecule has 2 aromatic rings. The molecule has 5 N–H and O–H groups in total. The summed E-state index contributed by atoms with van der Waals surface area (Å²) in [5, 5.41) is 7.44. The van der Waals surface area contributed by atoms with Gasteiger partial charge in [-0.1, -0.05) is 6.92 Å². The highest BCUT2D eigenvalue weighted by Crippen LogP contribution is 2.45. The van der Waals surface area contributed by atoms with Crippen LogP contribution in [0.15, 0.2) is 6.20 Å². The molecule has 0 spiro atoms. The Morgan fingerprint density at radius 1 is 1.43 bits per heavy atom. The van der Waals surface area contributed by atoms with Crippen LogP contribution in [0.2, 0.25) is 0 Å². The molecule has 3 rings (SSSR count). The number of thiophene rings is 1. The number of nitrogens with one attached hydrogen (secondary N) is 1. The number of fused-ring (bicyclic) bond motifs is 3. The lowest BCUT2D eigenvalue weighted by atomic mass is 9.93. The van der Waals surface area contributed by atoms with Gasteiger partial charge in [-0.25, -0.2) is 4.79 Å². The van der Waals surface area contributed by atoms with Gasteiger partial charge in [0.05, 0.1) is 11.8 Å². The van der Waals surface area contributed by atoms with Gasteiger partial charge < -0.3 is 11.5 Å². The van der Waals surface area contributed by atoms with E-state index in [1.807, 2.05) is 10.9 Å². The summed E-state index contributed by atoms with van der Waals surface area (Å²) in [5.41, 5.74) is 14.1. The van der Waals surface area contributed by atoms with Gasteiger partial charge >= 0.3 is 6.03 Å². The van der Waals surface area contributed by atoms with Crippen LogP contribution in [0, 0.1) is 0 Å². The molecule has 0 aromatic carbocycles. The van der Waals surface area contributed by atoms with Crippen molar-refractivity contribution in [3.05, 3.63) is 23.0 Å². The van der Waals surface area contributed by atoms with Crippen molar-refractivity contribution in [2.45, 2.75) is 39.2 Å². The van der Waals surface area contributed by atoms with Crippen molar-refractivity contribution >= 4 is 28.3 Å². The summed E-state index contributed by atoms with van der Waals surface area (Å²) in [6, 6.07) is -0.388. The molecule has 0 saturated carbocycles. The first-order chi connectivity index (χ1) is 10.9. The smallest absolute Gasteiger partial charge is 0.317 e. The van der Waals surface area contributed by atoms with E-state index in [9.17, 15) is 9.59 Å². The van der Waals surface area contributed by atoms with Crippen LogP contribution in [0.4, 0.5) is 9.80 Å². The minimum atomic E-state index is -0.707. The Morgan fingerprint density at radius 2 is 2.17 bits per heavy atom. The standard InChI is InChI=1S/C15H19N5O2S/c1-3-7(2)20-10-5-4-8-11(13(16)21)14(19-15(17)22)23-12(8)9(10)6-18-20/h6-7H,3-5H2,1-2H3,(H2,16,21)(H3,17,19,22). The van der Waals surface area contributed by atoms with Crippen molar-refractivity contribution in [2.24, 2.45) is 11.5 Å². The topological polar surface area (TPSA) is 116 Å². The number of hydrogen-bond donors (Lipinski definition) is 3. The lowest BCUT2D eigenvalue weighted by molar-refractivity contribution is 0.100. The first kappa shape index (κ1) is 15.5. The van der Waals surface area contributed by atoms with Crippen LogP contribution in [0.25, 0.3) is 10.4 Å². The van der Waals surface area contributed by atoms with Crippen molar-refractivity contribution < 1.29 is 9.59 Å². The third-order valence-electron chi connectivity index (χ3n) is 4.25. The average Bonchev–Trinajstić information content (AvgIpc) is 3.05. The fourth-order valence-corrected chi connectivity index (χ4v) is 4.29. The summed E-state index contributed by atoms with van der Waals surface area (Å²) in [7, 11) is 0. The van der Waals surface area contributed by atoms with Gasteiger partial charge in [0.15, 0.2) is 0 Å². The first-order valence-corrected chi connectivity index (χ1v) is 8.34. The van der Waals surface area contributed by atoms with Crippen LogP contribution in [0.3, 0.4) is 0 Å². The third kappa shape index (κ3) is 2.48. The normalized spacial score (nSPS) is 14.0. The number of nitrogens with zero attached hydrogens (tertiary/aromatic N) is 2. The summed E-state index contributed by atoms with van der Waals surface area (Å²) < 4.78 is 2.04. The second-order valence-corrected chi connectivity index (χ2v) is 6.69. The maximum absolute atomic E-state index is 11.8. The zero-order chi connectivity index (χ0) is 16.7. The zero-order valence-corrected chi connectivity index (χ0v) is 13.9. The van der Waals surface area contributed by atoms with Crippen molar-refractivity contribution in [1.29, 1.82) is 0 Å². The Hall–Kier alpha value is -2.35. The molecule has 0 fully saturated rings. The number of carbonyl (C=O) groups is 2. The lowest BCUT2D eigenvalue weighted by Gasteiger charge is -2.18. The minimum Gasteiger partial charge on any atom is -0.365 e. The Balaban J connectivity index is 2.14. The summed E-state index contributed by atoms with van der Waals surface area (Å²) in [6.45, 7) is 4.25. The Labute approximate surface area is 137 Å². The van der Waals surface area contributed by atoms with Crippen LogP contribution in [0.5, 0.6) is 0 Å². The fourth-order valence-electron chi connectivity index (χ4n) is 3.00. The van der Waals surface area contributed by atoms with E-state index in [0.717, 1.165) is 34.5 Å². The Morgan fingerprint density at radius 3 is 2.78 bits per heavy atom. The molecule has 0 bridgehead atoms. The molecular weight excluding hydrogens is 314 g/mol. The Kier molecular flexibility index (Phi) is 3.85. The number of aromatic nitrogens is 2. The molecule has 1 unspecified atom stereocenters. The third-order valence-corrected chi connectivity index (χ3v) is 5.43. The van der Waals surface area contributed by atoms with E-state index >= 15 is 0 Å². The number of carbonyl (C=O) groups excluding carboxylic acids is 2. The predicted molar refractivity (Wildman–Crippen MR) is 89.7 cm³/mol. The van der Waals surface area contributed by atoms with Crippen molar-refractivity contribution in [2.75, 3.05) is 5.32 Å². The highest BCUT2D eigenvalue weighted by Gasteiger charge is 2.30. The van der Waals surface area contributed by atoms with Crippen LogP contribution in [-0.2, 0) is 12.8 Å². The molecule has 3 amide bonds. The number of nitrogens with two attached hydrogens (primary N) is 2. The van der Waals surface area contributed by atoms with Gasteiger partial charge in [0.25, 0.3) is 5.91 Å². The van der Waals surface area contributed by atoms with Crippen molar-refractivity contribution in [3.63, 3.8) is 0 Å². The monoisotopic (exact) mass is 333 g/mol. The average molecular weight is 333 g/mol. The number of hydrogen-bond acceptors (Lipinski definition) is 4. The molecule has 7 nitrogen and oxygen atoms in total. The van der Waals surface area contributed by atoms with Gasteiger partial charge in [-0.3, -0.25) is 14.8 Å². The fraction of sp³-hybridized carbons (Fsp3) is 0.400. The van der Waals surface area contributed by atoms with Crippen molar-refractivity contribution in [1.82, 2.24) is 9.78 Å². The number of amides is 3. The molecular formula is C15H19N5O2S. The van der Waals surface area contributed by atoms with Gasteiger partial charge in [0, 0.05) is 22.2 Å². The highest BCUT2D eigenvalue weighted by atomic mass is 32.1.